The molecular weight excluding hydrogens is 422 g/mol. The number of nitrogens with one attached hydrogen (secondary N) is 1. The number of aromatic hydroxyl groups is 2. The second-order valence-electron chi connectivity index (χ2n) is 11.5. The summed E-state index contributed by atoms with van der Waals surface area (Å²) in [5.41, 5.74) is -1.00. The van der Waals surface area contributed by atoms with Gasteiger partial charge in [0, 0.05) is 11.8 Å². The zero-order valence-corrected chi connectivity index (χ0v) is 19.1. The molecule has 7 heteroatoms. The van der Waals surface area contributed by atoms with Gasteiger partial charge in [-0.2, -0.15) is 0 Å². The van der Waals surface area contributed by atoms with E-state index in [1.165, 1.54) is 6.42 Å². The number of allylic oxidation sites excluding steroid dienone is 2. The van der Waals surface area contributed by atoms with Crippen LogP contribution in [-0.4, -0.2) is 33.0 Å². The first-order valence-corrected chi connectivity index (χ1v) is 11.8. The minimum absolute atomic E-state index is 0.0321. The topological polar surface area (TPSA) is 124 Å². The maximum Gasteiger partial charge on any atom is 0.339 e. The first-order valence-electron chi connectivity index (χ1n) is 11.8. The summed E-state index contributed by atoms with van der Waals surface area (Å²) in [6, 6.07) is 2.19. The Kier molecular flexibility index (Phi) is 4.72. The molecule has 0 saturated heterocycles. The van der Waals surface area contributed by atoms with E-state index in [4.69, 9.17) is 0 Å². The highest BCUT2D eigenvalue weighted by Crippen LogP contribution is 2.72. The summed E-state index contributed by atoms with van der Waals surface area (Å²) in [4.78, 5) is 37.3. The summed E-state index contributed by atoms with van der Waals surface area (Å²) < 4.78 is 0. The van der Waals surface area contributed by atoms with Crippen molar-refractivity contribution in [3.63, 3.8) is 0 Å². The van der Waals surface area contributed by atoms with Gasteiger partial charge in [-0.05, 0) is 85.3 Å². The molecule has 5 unspecified atom stereocenters. The number of carboxylic acid groups (broad SMARTS) is 1. The molecule has 4 saturated carbocycles. The number of phenolic OH excluding ortho intramolecular Hbond substituents is 1. The molecule has 0 aromatic heterocycles. The number of ketones is 1. The van der Waals surface area contributed by atoms with Gasteiger partial charge in [-0.1, -0.05) is 19.9 Å². The van der Waals surface area contributed by atoms with Gasteiger partial charge in [-0.15, -0.1) is 0 Å². The number of carboxylic acids is 1. The van der Waals surface area contributed by atoms with Crippen molar-refractivity contribution < 1.29 is 29.7 Å². The number of benzene rings is 1. The molecule has 6 rings (SSSR count). The highest BCUT2D eigenvalue weighted by atomic mass is 16.4. The first-order chi connectivity index (χ1) is 15.5. The molecule has 7 nitrogen and oxygen atoms in total. The van der Waals surface area contributed by atoms with E-state index in [2.05, 4.69) is 18.3 Å². The van der Waals surface area contributed by atoms with Crippen LogP contribution in [0.5, 0.6) is 11.5 Å². The van der Waals surface area contributed by atoms with E-state index in [1.54, 1.807) is 6.08 Å². The Bertz CT molecular complexity index is 1090. The second-order valence-corrected chi connectivity index (χ2v) is 11.5. The van der Waals surface area contributed by atoms with Crippen LogP contribution in [0.15, 0.2) is 24.3 Å². The first kappa shape index (κ1) is 22.0. The van der Waals surface area contributed by atoms with E-state index >= 15 is 0 Å². The predicted octanol–water partition coefficient (Wildman–Crippen LogP) is 4.49. The molecular formula is C26H31NO6. The number of phenols is 2. The third-order valence-corrected chi connectivity index (χ3v) is 9.03. The Labute approximate surface area is 192 Å². The molecule has 4 bridgehead atoms. The fraction of sp³-hybridized carbons (Fsp3) is 0.577. The van der Waals surface area contributed by atoms with Crippen molar-refractivity contribution >= 4 is 23.3 Å². The average molecular weight is 454 g/mol. The van der Waals surface area contributed by atoms with Gasteiger partial charge >= 0.3 is 5.97 Å². The molecule has 0 heterocycles. The van der Waals surface area contributed by atoms with Crippen LogP contribution in [0.25, 0.3) is 0 Å². The monoisotopic (exact) mass is 453 g/mol. The van der Waals surface area contributed by atoms with Crippen LogP contribution >= 0.6 is 0 Å². The number of carbonyl (C=O) groups is 3. The van der Waals surface area contributed by atoms with Crippen LogP contribution in [-0.2, 0) is 9.59 Å². The summed E-state index contributed by atoms with van der Waals surface area (Å²) in [5.74, 6) is -1.45. The van der Waals surface area contributed by atoms with Crippen LogP contribution in [0.2, 0.25) is 0 Å². The summed E-state index contributed by atoms with van der Waals surface area (Å²) in [6.45, 7) is 4.39. The molecule has 0 radical (unpaired) electrons. The molecule has 5 aliphatic carbocycles. The van der Waals surface area contributed by atoms with E-state index < -0.39 is 34.4 Å². The van der Waals surface area contributed by atoms with Crippen molar-refractivity contribution in [1.82, 2.24) is 0 Å². The summed E-state index contributed by atoms with van der Waals surface area (Å²) in [7, 11) is 0. The molecule has 33 heavy (non-hydrogen) atoms. The van der Waals surface area contributed by atoms with E-state index in [-0.39, 0.29) is 29.2 Å². The van der Waals surface area contributed by atoms with Crippen LogP contribution < -0.4 is 5.32 Å². The lowest BCUT2D eigenvalue weighted by molar-refractivity contribution is -0.178. The lowest BCUT2D eigenvalue weighted by atomic mass is 9.35. The number of hydrogen-bond donors (Lipinski definition) is 4. The average Bonchev–Trinajstić information content (AvgIpc) is 2.71. The Morgan fingerprint density at radius 3 is 2.61 bits per heavy atom. The van der Waals surface area contributed by atoms with E-state index in [9.17, 15) is 29.7 Å². The molecule has 176 valence electrons. The van der Waals surface area contributed by atoms with Gasteiger partial charge in [0.1, 0.15) is 17.0 Å². The summed E-state index contributed by atoms with van der Waals surface area (Å²) in [5, 5.41) is 31.9. The molecule has 1 aromatic carbocycles. The standard InChI is InChI=1S/C26H31NO6/c1-24-10-14-9-15(12-24)22-25(2,18(29)5-8-26(22,11-14)13-24)7-6-19(30)27-20-17(28)4-3-16(21(20)31)23(32)33/h3-5,8,14-15,22,28,31H,6-7,9-13H2,1-2H3,(H,27,30)(H,32,33)/t14?,15?,22?,24?,25-,26?/m1/s1. The fourth-order valence-electron chi connectivity index (χ4n) is 8.37. The van der Waals surface area contributed by atoms with Crippen LogP contribution in [0, 0.1) is 34.0 Å². The fourth-order valence-corrected chi connectivity index (χ4v) is 8.37. The van der Waals surface area contributed by atoms with Crippen LogP contribution in [0.1, 0.15) is 69.2 Å². The maximum atomic E-state index is 13.2. The third-order valence-electron chi connectivity index (χ3n) is 9.03. The quantitative estimate of drug-likeness (QED) is 0.487. The van der Waals surface area contributed by atoms with Crippen LogP contribution in [0.4, 0.5) is 5.69 Å². The van der Waals surface area contributed by atoms with Crippen molar-refractivity contribution in [2.45, 2.75) is 58.8 Å². The normalized spacial score (nSPS) is 38.2. The van der Waals surface area contributed by atoms with Crippen molar-refractivity contribution in [3.8, 4) is 11.5 Å². The highest BCUT2D eigenvalue weighted by Gasteiger charge is 2.66. The zero-order chi connectivity index (χ0) is 23.8. The van der Waals surface area contributed by atoms with E-state index in [1.807, 2.05) is 6.92 Å². The molecule has 1 amide bonds. The van der Waals surface area contributed by atoms with Crippen molar-refractivity contribution in [3.05, 3.63) is 29.8 Å². The number of hydrogen-bond acceptors (Lipinski definition) is 5. The van der Waals surface area contributed by atoms with E-state index in [0.29, 0.717) is 17.8 Å². The minimum Gasteiger partial charge on any atom is -0.506 e. The second kappa shape index (κ2) is 7.08. The predicted molar refractivity (Wildman–Crippen MR) is 121 cm³/mol. The maximum absolute atomic E-state index is 13.2. The van der Waals surface area contributed by atoms with Gasteiger partial charge in [0.05, 0.1) is 0 Å². The minimum atomic E-state index is -1.36. The molecule has 4 N–H and O–H groups in total. The van der Waals surface area contributed by atoms with Crippen molar-refractivity contribution in [1.29, 1.82) is 0 Å². The van der Waals surface area contributed by atoms with Crippen LogP contribution in [0.3, 0.4) is 0 Å². The lowest BCUT2D eigenvalue weighted by Gasteiger charge is -2.68. The molecule has 5 aliphatic rings. The van der Waals surface area contributed by atoms with Gasteiger partial charge in [0.2, 0.25) is 5.91 Å². The number of anilines is 1. The summed E-state index contributed by atoms with van der Waals surface area (Å²) >= 11 is 0. The Morgan fingerprint density at radius 1 is 1.15 bits per heavy atom. The SMILES string of the molecule is CC12CC3CC(C1)C1C(C=CC(=O)[C@@]1(C)CCC(=O)Nc1c(O)ccc(C(=O)O)c1O)(C3)C2. The van der Waals surface area contributed by atoms with E-state index in [0.717, 1.165) is 43.7 Å². The molecule has 0 aliphatic heterocycles. The van der Waals surface area contributed by atoms with Gasteiger partial charge in [-0.25, -0.2) is 4.79 Å². The largest absolute Gasteiger partial charge is 0.506 e. The Morgan fingerprint density at radius 2 is 1.91 bits per heavy atom. The van der Waals surface area contributed by atoms with Gasteiger partial charge < -0.3 is 20.6 Å². The molecule has 4 fully saturated rings. The van der Waals surface area contributed by atoms with Gasteiger partial charge in [0.25, 0.3) is 0 Å². The number of amides is 1. The number of rotatable bonds is 5. The van der Waals surface area contributed by atoms with Crippen molar-refractivity contribution in [2.75, 3.05) is 5.32 Å². The lowest BCUT2D eigenvalue weighted by Crippen LogP contribution is -2.62. The molecule has 6 atom stereocenters. The zero-order valence-electron chi connectivity index (χ0n) is 19.1. The number of aromatic carboxylic acids is 1. The molecule has 1 aromatic rings. The smallest absolute Gasteiger partial charge is 0.339 e. The summed E-state index contributed by atoms with van der Waals surface area (Å²) in [6.07, 6.45) is 10.1. The third kappa shape index (κ3) is 3.27. The Balaban J connectivity index is 1.36. The molecule has 1 spiro atoms. The number of carbonyl (C=O) groups excluding carboxylic acids is 2. The highest BCUT2D eigenvalue weighted by molar-refractivity contribution is 6.00. The van der Waals surface area contributed by atoms with Gasteiger partial charge in [0.15, 0.2) is 11.5 Å². The Hall–Kier alpha value is -2.83. The van der Waals surface area contributed by atoms with Gasteiger partial charge in [-0.3, -0.25) is 9.59 Å². The van der Waals surface area contributed by atoms with Crippen molar-refractivity contribution in [2.24, 2.45) is 34.0 Å².